The lowest BCUT2D eigenvalue weighted by Gasteiger charge is -2.55. The largest absolute Gasteiger partial charge is 0.388 e. The number of carbonyl (C=O) groups is 1. The predicted molar refractivity (Wildman–Crippen MR) is 134 cm³/mol. The van der Waals surface area contributed by atoms with Gasteiger partial charge in [0.1, 0.15) is 6.10 Å². The fourth-order valence-corrected chi connectivity index (χ4v) is 7.85. The molecule has 0 spiro atoms. The van der Waals surface area contributed by atoms with E-state index in [9.17, 15) is 15.0 Å². The summed E-state index contributed by atoms with van der Waals surface area (Å²) in [6.45, 7) is 2.36. The first-order valence-corrected chi connectivity index (χ1v) is 12.8. The SMILES string of the molecule is COCC(O)[C@@]1(O)CCC2C3CCC4=CC(=O)CCC4=C3[C@@H](c3ccc(N(C)C)cc3)C[C@@]21C. The van der Waals surface area contributed by atoms with Crippen LogP contribution in [0, 0.1) is 17.3 Å². The third-order valence-corrected chi connectivity index (χ3v) is 9.64. The molecule has 5 heteroatoms. The predicted octanol–water partition coefficient (Wildman–Crippen LogP) is 4.39. The van der Waals surface area contributed by atoms with Gasteiger partial charge in [0, 0.05) is 44.6 Å². The zero-order chi connectivity index (χ0) is 24.3. The Kier molecular flexibility index (Phi) is 6.02. The van der Waals surface area contributed by atoms with Gasteiger partial charge in [0.15, 0.2) is 5.78 Å². The van der Waals surface area contributed by atoms with Crippen molar-refractivity contribution in [1.82, 2.24) is 0 Å². The highest BCUT2D eigenvalue weighted by Gasteiger charge is 2.65. The van der Waals surface area contributed by atoms with Gasteiger partial charge in [-0.3, -0.25) is 4.79 Å². The zero-order valence-electron chi connectivity index (χ0n) is 21.0. The molecular weight excluding hydrogens is 426 g/mol. The molecule has 1 aromatic rings. The molecule has 5 rings (SSSR count). The molecule has 2 N–H and O–H groups in total. The molecule has 0 radical (unpaired) electrons. The van der Waals surface area contributed by atoms with Crippen LogP contribution >= 0.6 is 0 Å². The maximum Gasteiger partial charge on any atom is 0.156 e. The lowest BCUT2D eigenvalue weighted by Crippen LogP contribution is -2.58. The Morgan fingerprint density at radius 2 is 1.88 bits per heavy atom. The fourth-order valence-electron chi connectivity index (χ4n) is 7.85. The first-order valence-electron chi connectivity index (χ1n) is 12.8. The van der Waals surface area contributed by atoms with Gasteiger partial charge in [-0.25, -0.2) is 0 Å². The minimum Gasteiger partial charge on any atom is -0.388 e. The number of fused-ring (bicyclic) bond motifs is 4. The fraction of sp³-hybridized carbons (Fsp3) is 0.621. The summed E-state index contributed by atoms with van der Waals surface area (Å²) in [6, 6.07) is 8.82. The van der Waals surface area contributed by atoms with Crippen molar-refractivity contribution in [3.8, 4) is 0 Å². The average Bonchev–Trinajstić information content (AvgIpc) is 3.10. The van der Waals surface area contributed by atoms with E-state index in [1.54, 1.807) is 7.11 Å². The van der Waals surface area contributed by atoms with Crippen LogP contribution in [0.1, 0.15) is 63.4 Å². The number of aliphatic hydroxyl groups is 2. The van der Waals surface area contributed by atoms with Crippen LogP contribution in [-0.4, -0.2) is 55.5 Å². The van der Waals surface area contributed by atoms with Crippen LogP contribution < -0.4 is 4.90 Å². The molecule has 34 heavy (non-hydrogen) atoms. The van der Waals surface area contributed by atoms with Crippen LogP contribution in [0.2, 0.25) is 0 Å². The first kappa shape index (κ1) is 23.8. The maximum absolute atomic E-state index is 12.2. The average molecular weight is 466 g/mol. The van der Waals surface area contributed by atoms with Crippen molar-refractivity contribution in [2.45, 2.75) is 69.5 Å². The number of allylic oxidation sites excluding steroid dienone is 4. The standard InChI is InChI=1S/C29H39NO4/c1-28-16-24(18-5-8-20(9-6-18)30(2)3)27-22-12-10-21(31)15-19(22)7-11-23(27)25(28)13-14-29(28,33)26(32)17-34-4/h5-6,8-9,15,23-26,32-33H,7,10-14,16-17H2,1-4H3/t23?,24-,25?,26?,28+,29+/m1/s1. The van der Waals surface area contributed by atoms with Crippen LogP contribution in [0.15, 0.2) is 47.1 Å². The molecule has 6 atom stereocenters. The third-order valence-electron chi connectivity index (χ3n) is 9.64. The van der Waals surface area contributed by atoms with E-state index in [0.29, 0.717) is 24.7 Å². The van der Waals surface area contributed by atoms with E-state index >= 15 is 0 Å². The molecule has 0 heterocycles. The van der Waals surface area contributed by atoms with Gasteiger partial charge < -0.3 is 19.8 Å². The summed E-state index contributed by atoms with van der Waals surface area (Å²) in [6.07, 6.45) is 6.70. The van der Waals surface area contributed by atoms with Gasteiger partial charge in [-0.15, -0.1) is 0 Å². The van der Waals surface area contributed by atoms with Crippen LogP contribution in [0.4, 0.5) is 5.69 Å². The molecule has 0 aromatic heterocycles. The number of anilines is 1. The van der Waals surface area contributed by atoms with E-state index in [-0.39, 0.29) is 18.3 Å². The number of ether oxygens (including phenoxy) is 1. The van der Waals surface area contributed by atoms with Crippen LogP contribution in [-0.2, 0) is 9.53 Å². The summed E-state index contributed by atoms with van der Waals surface area (Å²) in [5.74, 6) is 1.13. The molecule has 1 aromatic carbocycles. The van der Waals surface area contributed by atoms with Crippen molar-refractivity contribution in [2.24, 2.45) is 17.3 Å². The van der Waals surface area contributed by atoms with Crippen molar-refractivity contribution in [1.29, 1.82) is 0 Å². The molecule has 0 aliphatic heterocycles. The topological polar surface area (TPSA) is 70.0 Å². The molecule has 0 amide bonds. The highest BCUT2D eigenvalue weighted by atomic mass is 16.5. The van der Waals surface area contributed by atoms with Crippen molar-refractivity contribution in [3.05, 3.63) is 52.6 Å². The second-order valence-corrected chi connectivity index (χ2v) is 11.4. The highest BCUT2D eigenvalue weighted by molar-refractivity contribution is 5.93. The van der Waals surface area contributed by atoms with Crippen LogP contribution in [0.3, 0.4) is 0 Å². The Morgan fingerprint density at radius 3 is 2.56 bits per heavy atom. The number of hydrogen-bond acceptors (Lipinski definition) is 5. The van der Waals surface area contributed by atoms with E-state index in [0.717, 1.165) is 32.1 Å². The summed E-state index contributed by atoms with van der Waals surface area (Å²) in [5.41, 5.74) is 5.03. The van der Waals surface area contributed by atoms with Gasteiger partial charge in [0.2, 0.25) is 0 Å². The van der Waals surface area contributed by atoms with E-state index < -0.39 is 17.1 Å². The lowest BCUT2D eigenvalue weighted by atomic mass is 9.50. The summed E-state index contributed by atoms with van der Waals surface area (Å²) in [4.78, 5) is 14.3. The molecule has 2 saturated carbocycles. The van der Waals surface area contributed by atoms with Gasteiger partial charge in [0.05, 0.1) is 12.2 Å². The molecule has 3 unspecified atom stereocenters. The summed E-state index contributed by atoms with van der Waals surface area (Å²) in [7, 11) is 5.68. The summed E-state index contributed by atoms with van der Waals surface area (Å²) >= 11 is 0. The molecule has 0 saturated heterocycles. The molecule has 184 valence electrons. The van der Waals surface area contributed by atoms with E-state index in [4.69, 9.17) is 4.74 Å². The Labute approximate surface area is 203 Å². The molecular formula is C29H39NO4. The monoisotopic (exact) mass is 465 g/mol. The summed E-state index contributed by atoms with van der Waals surface area (Å²) < 4.78 is 5.28. The minimum atomic E-state index is -1.16. The van der Waals surface area contributed by atoms with E-state index in [2.05, 4.69) is 50.2 Å². The molecule has 0 bridgehead atoms. The normalized spacial score (nSPS) is 35.9. The van der Waals surface area contributed by atoms with Gasteiger partial charge in [0.25, 0.3) is 0 Å². The van der Waals surface area contributed by atoms with Crippen LogP contribution in [0.5, 0.6) is 0 Å². The number of methoxy groups -OCH3 is 1. The minimum absolute atomic E-state index is 0.147. The second-order valence-electron chi connectivity index (χ2n) is 11.4. The van der Waals surface area contributed by atoms with Gasteiger partial charge in [-0.1, -0.05) is 24.6 Å². The molecule has 5 nitrogen and oxygen atoms in total. The third kappa shape index (κ3) is 3.51. The number of hydrogen-bond donors (Lipinski definition) is 2. The smallest absolute Gasteiger partial charge is 0.156 e. The maximum atomic E-state index is 12.2. The Hall–Kier alpha value is -1.95. The van der Waals surface area contributed by atoms with Gasteiger partial charge >= 0.3 is 0 Å². The molecule has 4 aliphatic rings. The number of rotatable bonds is 5. The second kappa shape index (κ2) is 8.61. The number of benzene rings is 1. The summed E-state index contributed by atoms with van der Waals surface area (Å²) in [5, 5.41) is 23.0. The number of ketones is 1. The van der Waals surface area contributed by atoms with Crippen molar-refractivity contribution in [2.75, 3.05) is 32.7 Å². The van der Waals surface area contributed by atoms with E-state index in [1.165, 1.54) is 28.0 Å². The Bertz CT molecular complexity index is 1030. The quantitative estimate of drug-likeness (QED) is 0.675. The van der Waals surface area contributed by atoms with E-state index in [1.807, 2.05) is 6.08 Å². The zero-order valence-corrected chi connectivity index (χ0v) is 21.0. The van der Waals surface area contributed by atoms with Gasteiger partial charge in [-0.2, -0.15) is 0 Å². The molecule has 2 fully saturated rings. The lowest BCUT2D eigenvalue weighted by molar-refractivity contribution is -0.173. The van der Waals surface area contributed by atoms with Crippen molar-refractivity contribution >= 4 is 11.5 Å². The number of aliphatic hydroxyl groups excluding tert-OH is 1. The Morgan fingerprint density at radius 1 is 1.15 bits per heavy atom. The first-order chi connectivity index (χ1) is 16.2. The number of nitrogens with zero attached hydrogens (tertiary/aromatic N) is 1. The molecule has 4 aliphatic carbocycles. The van der Waals surface area contributed by atoms with Crippen LogP contribution in [0.25, 0.3) is 0 Å². The van der Waals surface area contributed by atoms with Crippen molar-refractivity contribution in [3.63, 3.8) is 0 Å². The van der Waals surface area contributed by atoms with Gasteiger partial charge in [-0.05, 0) is 85.3 Å². The Balaban J connectivity index is 1.64. The van der Waals surface area contributed by atoms with Crippen molar-refractivity contribution < 1.29 is 19.7 Å². The highest BCUT2D eigenvalue weighted by Crippen LogP contribution is 2.67. The number of carbonyl (C=O) groups excluding carboxylic acids is 1.